The van der Waals surface area contributed by atoms with Crippen LogP contribution in [0, 0.1) is 0 Å². The molecule has 0 aromatic heterocycles. The van der Waals surface area contributed by atoms with Crippen molar-refractivity contribution < 1.29 is 24.2 Å². The Morgan fingerprint density at radius 1 is 1.11 bits per heavy atom. The van der Waals surface area contributed by atoms with Gasteiger partial charge >= 0.3 is 0 Å². The second-order valence-electron chi connectivity index (χ2n) is 8.71. The monoisotopic (exact) mass is 494 g/mol. The third-order valence-electron chi connectivity index (χ3n) is 5.99. The smallest absolute Gasteiger partial charge is 0.223 e. The van der Waals surface area contributed by atoms with Crippen LogP contribution < -0.4 is 5.32 Å². The highest BCUT2D eigenvalue weighted by atomic mass is 16.5. The van der Waals surface area contributed by atoms with E-state index in [4.69, 9.17) is 4.74 Å². The molecule has 1 aliphatic rings. The second kappa shape index (κ2) is 20.3. The molecule has 4 atom stereocenters. The molecule has 202 valence electrons. The van der Waals surface area contributed by atoms with Crippen LogP contribution >= 0.6 is 0 Å². The molecule has 0 radical (unpaired) electrons. The molecular weight excluding hydrogens is 444 g/mol. The predicted octanol–water partition coefficient (Wildman–Crippen LogP) is 4.88. The first-order chi connectivity index (χ1) is 16.9. The molecular formula is C28H50N2O5. The van der Waals surface area contributed by atoms with Gasteiger partial charge in [-0.25, -0.2) is 0 Å². The molecule has 0 spiro atoms. The summed E-state index contributed by atoms with van der Waals surface area (Å²) in [7, 11) is 4.85. The van der Waals surface area contributed by atoms with Gasteiger partial charge in [-0.15, -0.1) is 0 Å². The van der Waals surface area contributed by atoms with Crippen LogP contribution in [-0.4, -0.2) is 67.9 Å². The summed E-state index contributed by atoms with van der Waals surface area (Å²) in [5.41, 5.74) is 0.768. The molecule has 1 aliphatic heterocycles. The first-order valence-corrected chi connectivity index (χ1v) is 13.1. The quantitative estimate of drug-likeness (QED) is 0.404. The maximum absolute atomic E-state index is 12.7. The van der Waals surface area contributed by atoms with E-state index in [0.29, 0.717) is 6.42 Å². The van der Waals surface area contributed by atoms with Gasteiger partial charge in [-0.05, 0) is 31.7 Å². The lowest BCUT2D eigenvalue weighted by atomic mass is 10.0. The van der Waals surface area contributed by atoms with E-state index in [-0.39, 0.29) is 30.4 Å². The molecule has 7 heteroatoms. The highest BCUT2D eigenvalue weighted by Gasteiger charge is 2.36. The minimum atomic E-state index is -0.774. The Labute approximate surface area is 213 Å². The summed E-state index contributed by atoms with van der Waals surface area (Å²) in [5, 5.41) is 13.4. The number of aliphatic hydroxyl groups excluding tert-OH is 1. The highest BCUT2D eigenvalue weighted by molar-refractivity contribution is 5.78. The lowest BCUT2D eigenvalue weighted by Crippen LogP contribution is -2.46. The van der Waals surface area contributed by atoms with Gasteiger partial charge in [-0.3, -0.25) is 9.59 Å². The number of likely N-dealkylation sites (tertiary alicyclic amines) is 1. The average molecular weight is 495 g/mol. The molecule has 2 rings (SSSR count). The number of nitrogens with zero attached hydrogens (tertiary/aromatic N) is 1. The van der Waals surface area contributed by atoms with Crippen LogP contribution in [0.3, 0.4) is 0 Å². The van der Waals surface area contributed by atoms with Crippen molar-refractivity contribution in [1.82, 2.24) is 10.2 Å². The number of unbranched alkanes of at least 4 members (excludes halogenated alkanes) is 3. The van der Waals surface area contributed by atoms with Crippen LogP contribution in [-0.2, 0) is 19.1 Å². The number of methoxy groups -OCH3 is 2. The van der Waals surface area contributed by atoms with E-state index >= 15 is 0 Å². The highest BCUT2D eigenvalue weighted by Crippen LogP contribution is 2.25. The zero-order valence-electron chi connectivity index (χ0n) is 23.1. The predicted molar refractivity (Wildman–Crippen MR) is 142 cm³/mol. The van der Waals surface area contributed by atoms with Gasteiger partial charge in [0.1, 0.15) is 0 Å². The minimum absolute atomic E-state index is 0.0613. The number of hydrogen-bond donors (Lipinski definition) is 2. The first-order valence-electron chi connectivity index (χ1n) is 13.1. The van der Waals surface area contributed by atoms with Crippen LogP contribution in [0.25, 0.3) is 0 Å². The third-order valence-corrected chi connectivity index (χ3v) is 5.99. The summed E-state index contributed by atoms with van der Waals surface area (Å²) < 4.78 is 9.89. The number of rotatable bonds is 12. The molecule has 0 aliphatic carbocycles. The number of carbonyl (C=O) groups is 2. The van der Waals surface area contributed by atoms with E-state index in [0.717, 1.165) is 50.6 Å². The number of ether oxygens (including phenoxy) is 2. The molecule has 0 saturated carbocycles. The Kier molecular flexibility index (Phi) is 19.1. The van der Waals surface area contributed by atoms with Gasteiger partial charge in [0.2, 0.25) is 11.8 Å². The zero-order chi connectivity index (χ0) is 26.6. The lowest BCUT2D eigenvalue weighted by Gasteiger charge is -2.31. The van der Waals surface area contributed by atoms with Gasteiger partial charge in [0, 0.05) is 34.3 Å². The zero-order valence-corrected chi connectivity index (χ0v) is 23.1. The van der Waals surface area contributed by atoms with Crippen molar-refractivity contribution in [3.8, 4) is 0 Å². The van der Waals surface area contributed by atoms with Crippen LogP contribution in [0.2, 0.25) is 0 Å². The molecule has 1 saturated heterocycles. The van der Waals surface area contributed by atoms with E-state index < -0.39 is 12.1 Å². The summed E-state index contributed by atoms with van der Waals surface area (Å²) in [6, 6.07) is 8.82. The second-order valence-corrected chi connectivity index (χ2v) is 8.71. The van der Waals surface area contributed by atoms with E-state index in [1.165, 1.54) is 0 Å². The Morgan fingerprint density at radius 2 is 1.74 bits per heavy atom. The Bertz CT molecular complexity index is 671. The number of hydrogen-bond acceptors (Lipinski definition) is 5. The van der Waals surface area contributed by atoms with Crippen LogP contribution in [0.1, 0.15) is 90.7 Å². The standard InChI is InChI=1S/C24H38N2O4.C2H6O.C2H6/c1-4-5-6-10-15-23(28)26-16-11-14-20(26)21(30-3)17-22(27)25-18(2)24(29)19-12-8-7-9-13-19;1-3-2;1-2/h7-9,12-13,18,20-21,24,29H,4-6,10-11,14-17H2,1-3H3,(H,25,27);1-2H3;1-2H3/t18-,20+,21-,24-;;/m1../s1. The first kappa shape index (κ1) is 33.0. The van der Waals surface area contributed by atoms with E-state index in [2.05, 4.69) is 17.0 Å². The molecule has 0 bridgehead atoms. The SMILES string of the molecule is CC.CCCCCCC(=O)N1CCC[C@H]1[C@@H](CC(=O)N[C@H](C)[C@@H](O)c1ccccc1)OC.COC. The van der Waals surface area contributed by atoms with Gasteiger partial charge in [-0.1, -0.05) is 70.4 Å². The topological polar surface area (TPSA) is 88.1 Å². The number of carbonyl (C=O) groups excluding carboxylic acids is 2. The van der Waals surface area contributed by atoms with Gasteiger partial charge in [0.25, 0.3) is 0 Å². The molecule has 7 nitrogen and oxygen atoms in total. The lowest BCUT2D eigenvalue weighted by molar-refractivity contribution is -0.137. The maximum atomic E-state index is 12.7. The van der Waals surface area contributed by atoms with Crippen LogP contribution in [0.4, 0.5) is 0 Å². The molecule has 0 unspecified atom stereocenters. The normalized spacial score (nSPS) is 17.3. The van der Waals surface area contributed by atoms with Crippen LogP contribution in [0.15, 0.2) is 30.3 Å². The number of benzene rings is 1. The fourth-order valence-corrected chi connectivity index (χ4v) is 4.23. The minimum Gasteiger partial charge on any atom is -0.388 e. The number of nitrogens with one attached hydrogen (secondary N) is 1. The molecule has 35 heavy (non-hydrogen) atoms. The van der Waals surface area contributed by atoms with Gasteiger partial charge in [0.15, 0.2) is 0 Å². The van der Waals surface area contributed by atoms with Gasteiger partial charge < -0.3 is 24.8 Å². The average Bonchev–Trinajstić information content (AvgIpc) is 3.36. The van der Waals surface area contributed by atoms with Crippen molar-refractivity contribution >= 4 is 11.8 Å². The molecule has 1 heterocycles. The number of amides is 2. The van der Waals surface area contributed by atoms with Gasteiger partial charge in [0.05, 0.1) is 30.7 Å². The van der Waals surface area contributed by atoms with E-state index in [1.807, 2.05) is 49.1 Å². The van der Waals surface area contributed by atoms with Crippen molar-refractivity contribution in [1.29, 1.82) is 0 Å². The maximum Gasteiger partial charge on any atom is 0.223 e. The van der Waals surface area contributed by atoms with Gasteiger partial charge in [-0.2, -0.15) is 0 Å². The molecule has 2 amide bonds. The van der Waals surface area contributed by atoms with Crippen molar-refractivity contribution in [3.05, 3.63) is 35.9 Å². The Balaban J connectivity index is 0.00000214. The Hall–Kier alpha value is -1.96. The third kappa shape index (κ3) is 12.5. The van der Waals surface area contributed by atoms with Crippen molar-refractivity contribution in [3.63, 3.8) is 0 Å². The molecule has 1 aromatic carbocycles. The summed E-state index contributed by atoms with van der Waals surface area (Å²) >= 11 is 0. The fourth-order valence-electron chi connectivity index (χ4n) is 4.23. The summed E-state index contributed by atoms with van der Waals surface area (Å²) in [6.45, 7) is 8.69. The van der Waals surface area contributed by atoms with Crippen LogP contribution in [0.5, 0.6) is 0 Å². The molecule has 1 aromatic rings. The van der Waals surface area contributed by atoms with Crippen molar-refractivity contribution in [2.24, 2.45) is 0 Å². The summed E-state index contributed by atoms with van der Waals surface area (Å²) in [5.74, 6) is -0.00416. The van der Waals surface area contributed by atoms with E-state index in [1.54, 1.807) is 28.3 Å². The molecule has 1 fully saturated rings. The van der Waals surface area contributed by atoms with E-state index in [9.17, 15) is 14.7 Å². The fraction of sp³-hybridized carbons (Fsp3) is 0.714. The summed E-state index contributed by atoms with van der Waals surface area (Å²) in [6.07, 6.45) is 5.73. The number of aliphatic hydroxyl groups is 1. The largest absolute Gasteiger partial charge is 0.388 e. The van der Waals surface area contributed by atoms with Crippen molar-refractivity contribution in [2.45, 2.75) is 103 Å². The van der Waals surface area contributed by atoms with Crippen molar-refractivity contribution in [2.75, 3.05) is 27.9 Å². The summed E-state index contributed by atoms with van der Waals surface area (Å²) in [4.78, 5) is 27.2. The Morgan fingerprint density at radius 3 is 2.31 bits per heavy atom. The molecule has 2 N–H and O–H groups in total.